The van der Waals surface area contributed by atoms with Gasteiger partial charge in [-0.05, 0) is 45.5 Å². The Kier molecular flexibility index (Phi) is 6.57. The van der Waals surface area contributed by atoms with Crippen molar-refractivity contribution in [1.29, 1.82) is 5.26 Å². The van der Waals surface area contributed by atoms with E-state index in [0.717, 1.165) is 48.4 Å². The van der Waals surface area contributed by atoms with Crippen LogP contribution in [-0.4, -0.2) is 50.6 Å². The maximum absolute atomic E-state index is 12.1. The third-order valence-corrected chi connectivity index (χ3v) is 5.84. The smallest absolute Gasteiger partial charge is 0.227 e. The molecule has 1 N–H and O–H groups in total. The maximum Gasteiger partial charge on any atom is 0.227 e. The number of aromatic nitrogens is 4. The monoisotopic (exact) mass is 429 g/mol. The number of benzene rings is 1. The molecule has 0 saturated carbocycles. The molecule has 4 rings (SSSR count). The lowest BCUT2D eigenvalue weighted by Gasteiger charge is -2.28. The standard InChI is InChI=1S/C24H27N7O/c1-17-14-26-24(28-20-15-27-31(16-20)21-9-12-30(2)13-10-21)29-23(17)19-7-5-18(6-8-19)22(32)4-3-11-25/h5-8,14-16,21H,3-4,9-10,12-13H2,1-2H3,(H,26,28,29). The lowest BCUT2D eigenvalue weighted by molar-refractivity contribution is 0.0984. The molecule has 1 saturated heterocycles. The molecule has 32 heavy (non-hydrogen) atoms. The van der Waals surface area contributed by atoms with Gasteiger partial charge >= 0.3 is 0 Å². The Bertz CT molecular complexity index is 1120. The number of hydrogen-bond donors (Lipinski definition) is 1. The van der Waals surface area contributed by atoms with Gasteiger partial charge in [-0.3, -0.25) is 9.48 Å². The average Bonchev–Trinajstić information content (AvgIpc) is 3.28. The van der Waals surface area contributed by atoms with Crippen molar-refractivity contribution >= 4 is 17.4 Å². The van der Waals surface area contributed by atoms with E-state index in [1.54, 1.807) is 18.3 Å². The van der Waals surface area contributed by atoms with Crippen molar-refractivity contribution in [2.45, 2.75) is 38.6 Å². The Morgan fingerprint density at radius 1 is 1.22 bits per heavy atom. The minimum absolute atomic E-state index is 0.0264. The second kappa shape index (κ2) is 9.71. The molecule has 0 amide bonds. The van der Waals surface area contributed by atoms with Crippen LogP contribution in [0.15, 0.2) is 42.9 Å². The van der Waals surface area contributed by atoms with Crippen LogP contribution < -0.4 is 5.32 Å². The van der Waals surface area contributed by atoms with Gasteiger partial charge in [0, 0.05) is 36.4 Å². The third-order valence-electron chi connectivity index (χ3n) is 5.84. The van der Waals surface area contributed by atoms with Gasteiger partial charge in [-0.15, -0.1) is 0 Å². The maximum atomic E-state index is 12.1. The summed E-state index contributed by atoms with van der Waals surface area (Å²) in [6, 6.07) is 9.78. The SMILES string of the molecule is Cc1cnc(Nc2cnn(C3CCN(C)CC3)c2)nc1-c1ccc(C(=O)CCC#N)cc1. The topological polar surface area (TPSA) is 99.7 Å². The van der Waals surface area contributed by atoms with Gasteiger partial charge in [0.05, 0.1) is 29.7 Å². The van der Waals surface area contributed by atoms with E-state index in [1.807, 2.05) is 42.2 Å². The Morgan fingerprint density at radius 2 is 1.97 bits per heavy atom. The molecule has 0 bridgehead atoms. The molecule has 1 aromatic carbocycles. The van der Waals surface area contributed by atoms with E-state index in [4.69, 9.17) is 10.2 Å². The summed E-state index contributed by atoms with van der Waals surface area (Å²) in [4.78, 5) is 23.6. The highest BCUT2D eigenvalue weighted by Gasteiger charge is 2.19. The number of ketones is 1. The summed E-state index contributed by atoms with van der Waals surface area (Å²) in [5, 5.41) is 16.5. The van der Waals surface area contributed by atoms with Gasteiger partial charge in [0.25, 0.3) is 0 Å². The van der Waals surface area contributed by atoms with E-state index < -0.39 is 0 Å². The minimum atomic E-state index is -0.0264. The summed E-state index contributed by atoms with van der Waals surface area (Å²) in [5.41, 5.74) is 4.13. The molecular weight excluding hydrogens is 402 g/mol. The third kappa shape index (κ3) is 5.01. The summed E-state index contributed by atoms with van der Waals surface area (Å²) < 4.78 is 2.03. The van der Waals surface area contributed by atoms with Crippen molar-refractivity contribution in [1.82, 2.24) is 24.6 Å². The van der Waals surface area contributed by atoms with Crippen molar-refractivity contribution in [2.75, 3.05) is 25.5 Å². The van der Waals surface area contributed by atoms with Gasteiger partial charge in [-0.25, -0.2) is 9.97 Å². The summed E-state index contributed by atoms with van der Waals surface area (Å²) in [6.45, 7) is 4.13. The van der Waals surface area contributed by atoms with Crippen LogP contribution in [0.1, 0.15) is 47.6 Å². The Balaban J connectivity index is 1.47. The molecule has 0 spiro atoms. The number of rotatable bonds is 7. The normalized spacial score (nSPS) is 14.8. The number of hydrogen-bond acceptors (Lipinski definition) is 7. The molecule has 8 heteroatoms. The number of Topliss-reactive ketones (excluding diaryl/α,β-unsaturated/α-hetero) is 1. The first-order valence-electron chi connectivity index (χ1n) is 10.9. The summed E-state index contributed by atoms with van der Waals surface area (Å²) >= 11 is 0. The van der Waals surface area contributed by atoms with Gasteiger partial charge in [-0.1, -0.05) is 24.3 Å². The van der Waals surface area contributed by atoms with Gasteiger partial charge in [-0.2, -0.15) is 10.4 Å². The number of carbonyl (C=O) groups is 1. The van der Waals surface area contributed by atoms with Crippen LogP contribution in [0.2, 0.25) is 0 Å². The van der Waals surface area contributed by atoms with E-state index in [0.29, 0.717) is 17.6 Å². The highest BCUT2D eigenvalue weighted by atomic mass is 16.1. The molecule has 0 aliphatic carbocycles. The zero-order chi connectivity index (χ0) is 22.5. The van der Waals surface area contributed by atoms with Crippen LogP contribution in [0.3, 0.4) is 0 Å². The number of likely N-dealkylation sites (tertiary alicyclic amines) is 1. The number of carbonyl (C=O) groups excluding carboxylic acids is 1. The average molecular weight is 430 g/mol. The van der Waals surface area contributed by atoms with E-state index in [9.17, 15) is 4.79 Å². The Morgan fingerprint density at radius 3 is 2.69 bits per heavy atom. The van der Waals surface area contributed by atoms with E-state index in [-0.39, 0.29) is 18.6 Å². The molecule has 8 nitrogen and oxygen atoms in total. The Hall–Kier alpha value is -3.57. The number of nitrogens with zero attached hydrogens (tertiary/aromatic N) is 6. The number of nitrogens with one attached hydrogen (secondary N) is 1. The number of nitriles is 1. The van der Waals surface area contributed by atoms with Crippen molar-refractivity contribution in [3.05, 3.63) is 54.0 Å². The van der Waals surface area contributed by atoms with E-state index >= 15 is 0 Å². The number of anilines is 2. The highest BCUT2D eigenvalue weighted by molar-refractivity contribution is 5.96. The van der Waals surface area contributed by atoms with Crippen LogP contribution in [0.25, 0.3) is 11.3 Å². The second-order valence-corrected chi connectivity index (χ2v) is 8.25. The van der Waals surface area contributed by atoms with Gasteiger partial charge in [0.2, 0.25) is 5.95 Å². The van der Waals surface area contributed by atoms with Crippen molar-refractivity contribution in [3.8, 4) is 17.3 Å². The van der Waals surface area contributed by atoms with E-state index in [2.05, 4.69) is 27.3 Å². The second-order valence-electron chi connectivity index (χ2n) is 8.25. The zero-order valence-corrected chi connectivity index (χ0v) is 18.5. The molecule has 3 aromatic rings. The molecule has 0 radical (unpaired) electrons. The minimum Gasteiger partial charge on any atom is -0.321 e. The van der Waals surface area contributed by atoms with Crippen LogP contribution >= 0.6 is 0 Å². The molecule has 0 unspecified atom stereocenters. The molecule has 1 aliphatic rings. The van der Waals surface area contributed by atoms with Crippen LogP contribution in [0.5, 0.6) is 0 Å². The fraction of sp³-hybridized carbons (Fsp3) is 0.375. The first-order chi connectivity index (χ1) is 15.5. The molecule has 1 fully saturated rings. The molecule has 164 valence electrons. The van der Waals surface area contributed by atoms with Crippen molar-refractivity contribution in [2.24, 2.45) is 0 Å². The lowest BCUT2D eigenvalue weighted by atomic mass is 10.0. The van der Waals surface area contributed by atoms with Crippen molar-refractivity contribution < 1.29 is 4.79 Å². The van der Waals surface area contributed by atoms with Crippen LogP contribution in [0.4, 0.5) is 11.6 Å². The first kappa shape index (κ1) is 21.7. The molecular formula is C24H27N7O. The molecule has 2 aromatic heterocycles. The van der Waals surface area contributed by atoms with Gasteiger partial charge in [0.15, 0.2) is 5.78 Å². The van der Waals surface area contributed by atoms with Crippen LogP contribution in [0, 0.1) is 18.3 Å². The Labute approximate surface area is 187 Å². The largest absolute Gasteiger partial charge is 0.321 e. The van der Waals surface area contributed by atoms with Gasteiger partial charge < -0.3 is 10.2 Å². The molecule has 3 heterocycles. The summed E-state index contributed by atoms with van der Waals surface area (Å²) in [5.74, 6) is 0.476. The highest BCUT2D eigenvalue weighted by Crippen LogP contribution is 2.25. The summed E-state index contributed by atoms with van der Waals surface area (Å²) in [6.07, 6.45) is 8.27. The lowest BCUT2D eigenvalue weighted by Crippen LogP contribution is -2.31. The number of aryl methyl sites for hydroxylation is 1. The van der Waals surface area contributed by atoms with Crippen molar-refractivity contribution in [3.63, 3.8) is 0 Å². The fourth-order valence-corrected chi connectivity index (χ4v) is 3.91. The summed E-state index contributed by atoms with van der Waals surface area (Å²) in [7, 11) is 2.15. The predicted molar refractivity (Wildman–Crippen MR) is 123 cm³/mol. The first-order valence-corrected chi connectivity index (χ1v) is 10.9. The van der Waals surface area contributed by atoms with Gasteiger partial charge in [0.1, 0.15) is 0 Å². The fourth-order valence-electron chi connectivity index (χ4n) is 3.91. The van der Waals surface area contributed by atoms with Crippen LogP contribution in [-0.2, 0) is 0 Å². The predicted octanol–water partition coefficient (Wildman–Crippen LogP) is 4.15. The molecule has 1 aliphatic heterocycles. The molecule has 0 atom stereocenters. The van der Waals surface area contributed by atoms with E-state index in [1.165, 1.54) is 0 Å². The number of piperidine rings is 1. The zero-order valence-electron chi connectivity index (χ0n) is 18.5. The quantitative estimate of drug-likeness (QED) is 0.563.